The van der Waals surface area contributed by atoms with Gasteiger partial charge in [0.1, 0.15) is 11.7 Å². The summed E-state index contributed by atoms with van der Waals surface area (Å²) < 4.78 is 10.9. The maximum atomic E-state index is 12.4. The van der Waals surface area contributed by atoms with E-state index in [1.807, 2.05) is 48.6 Å². The van der Waals surface area contributed by atoms with Crippen molar-refractivity contribution in [3.8, 4) is 6.07 Å². The summed E-state index contributed by atoms with van der Waals surface area (Å²) in [4.78, 5) is 12.4. The molecule has 0 N–H and O–H groups in total. The molecule has 1 saturated heterocycles. The van der Waals surface area contributed by atoms with Crippen molar-refractivity contribution < 1.29 is 14.3 Å². The average molecular weight is 321 g/mol. The number of nitrogens with zero attached hydrogens (tertiary/aromatic N) is 1. The van der Waals surface area contributed by atoms with Crippen LogP contribution in [0.5, 0.6) is 0 Å². The number of rotatable bonds is 7. The molecular weight excluding hydrogens is 302 g/mol. The van der Waals surface area contributed by atoms with Gasteiger partial charge in [-0.05, 0) is 18.4 Å². The van der Waals surface area contributed by atoms with Crippen LogP contribution in [0.15, 0.2) is 60.7 Å². The van der Waals surface area contributed by atoms with Gasteiger partial charge in [-0.15, -0.1) is 0 Å². The Bertz CT molecular complexity index is 719. The van der Waals surface area contributed by atoms with Gasteiger partial charge < -0.3 is 9.47 Å². The summed E-state index contributed by atoms with van der Waals surface area (Å²) in [5.41, 5.74) is 0.895. The SMILES string of the molecule is C=C(C(=O)OC1(C2CO2)CC1)C(C=CC#N)C=Cc1ccccc1. The van der Waals surface area contributed by atoms with Crippen LogP contribution in [0.4, 0.5) is 0 Å². The summed E-state index contributed by atoms with van der Waals surface area (Å²) in [5.74, 6) is -0.804. The zero-order valence-electron chi connectivity index (χ0n) is 13.4. The van der Waals surface area contributed by atoms with E-state index < -0.39 is 11.6 Å². The molecule has 1 aliphatic heterocycles. The Balaban J connectivity index is 1.69. The third-order valence-corrected chi connectivity index (χ3v) is 4.30. The average Bonchev–Trinajstić information content (AvgIpc) is 3.49. The molecule has 2 atom stereocenters. The summed E-state index contributed by atoms with van der Waals surface area (Å²) in [6.07, 6.45) is 8.49. The van der Waals surface area contributed by atoms with E-state index in [0.29, 0.717) is 12.2 Å². The first kappa shape index (κ1) is 16.2. The molecule has 1 aliphatic carbocycles. The lowest BCUT2D eigenvalue weighted by Crippen LogP contribution is -2.27. The predicted octanol–water partition coefficient (Wildman–Crippen LogP) is 3.43. The monoisotopic (exact) mass is 321 g/mol. The van der Waals surface area contributed by atoms with E-state index >= 15 is 0 Å². The van der Waals surface area contributed by atoms with Gasteiger partial charge in [-0.1, -0.05) is 55.1 Å². The number of allylic oxidation sites excluding steroid dienone is 3. The summed E-state index contributed by atoms with van der Waals surface area (Å²) in [6.45, 7) is 4.54. The Morgan fingerprint density at radius 1 is 1.38 bits per heavy atom. The lowest BCUT2D eigenvalue weighted by atomic mass is 9.98. The highest BCUT2D eigenvalue weighted by atomic mass is 16.6. The molecule has 3 rings (SSSR count). The number of hydrogen-bond donors (Lipinski definition) is 0. The van der Waals surface area contributed by atoms with Crippen LogP contribution in [-0.4, -0.2) is 24.3 Å². The van der Waals surface area contributed by atoms with Crippen LogP contribution in [0.2, 0.25) is 0 Å². The molecular formula is C20H19NO3. The van der Waals surface area contributed by atoms with E-state index in [2.05, 4.69) is 6.58 Å². The number of hydrogen-bond acceptors (Lipinski definition) is 4. The normalized spacial score (nSPS) is 22.0. The highest BCUT2D eigenvalue weighted by Gasteiger charge is 2.59. The van der Waals surface area contributed by atoms with E-state index in [0.717, 1.165) is 18.4 Å². The van der Waals surface area contributed by atoms with Gasteiger partial charge in [0.15, 0.2) is 0 Å². The minimum atomic E-state index is -0.438. The molecule has 2 unspecified atom stereocenters. The third kappa shape index (κ3) is 3.81. The molecule has 0 aromatic heterocycles. The van der Waals surface area contributed by atoms with Crippen LogP contribution in [0.3, 0.4) is 0 Å². The number of ether oxygens (including phenoxy) is 2. The molecule has 24 heavy (non-hydrogen) atoms. The molecule has 0 amide bonds. The van der Waals surface area contributed by atoms with Crippen molar-refractivity contribution in [1.82, 2.24) is 0 Å². The number of carbonyl (C=O) groups excluding carboxylic acids is 1. The molecule has 1 saturated carbocycles. The molecule has 1 heterocycles. The van der Waals surface area contributed by atoms with E-state index in [4.69, 9.17) is 14.7 Å². The Morgan fingerprint density at radius 2 is 2.08 bits per heavy atom. The van der Waals surface area contributed by atoms with Crippen molar-refractivity contribution in [2.75, 3.05) is 6.61 Å². The van der Waals surface area contributed by atoms with Crippen LogP contribution in [0.25, 0.3) is 6.08 Å². The fourth-order valence-electron chi connectivity index (χ4n) is 2.57. The second kappa shape index (κ2) is 6.86. The Hall–Kier alpha value is -2.64. The summed E-state index contributed by atoms with van der Waals surface area (Å²) in [5, 5.41) is 8.78. The lowest BCUT2D eigenvalue weighted by Gasteiger charge is -2.17. The van der Waals surface area contributed by atoms with Gasteiger partial charge in [0.2, 0.25) is 0 Å². The summed E-state index contributed by atoms with van der Waals surface area (Å²) >= 11 is 0. The smallest absolute Gasteiger partial charge is 0.334 e. The molecule has 1 aromatic rings. The number of carbonyl (C=O) groups is 1. The van der Waals surface area contributed by atoms with Crippen molar-refractivity contribution in [2.45, 2.75) is 24.5 Å². The molecule has 4 heteroatoms. The van der Waals surface area contributed by atoms with Crippen LogP contribution in [-0.2, 0) is 14.3 Å². The summed E-state index contributed by atoms with van der Waals surface area (Å²) in [6, 6.07) is 11.7. The Labute approximate surface area is 141 Å². The molecule has 4 nitrogen and oxygen atoms in total. The van der Waals surface area contributed by atoms with Gasteiger partial charge in [-0.3, -0.25) is 0 Å². The number of epoxide rings is 1. The highest BCUT2D eigenvalue weighted by Crippen LogP contribution is 2.49. The maximum absolute atomic E-state index is 12.4. The Kier molecular flexibility index (Phi) is 4.64. The van der Waals surface area contributed by atoms with Crippen molar-refractivity contribution in [3.63, 3.8) is 0 Å². The van der Waals surface area contributed by atoms with Crippen molar-refractivity contribution in [3.05, 3.63) is 66.3 Å². The van der Waals surface area contributed by atoms with Gasteiger partial charge in [0, 0.05) is 17.6 Å². The molecule has 0 radical (unpaired) electrons. The second-order valence-corrected chi connectivity index (χ2v) is 6.09. The molecule has 2 fully saturated rings. The molecule has 0 spiro atoms. The molecule has 2 aliphatic rings. The van der Waals surface area contributed by atoms with Crippen LogP contribution in [0.1, 0.15) is 18.4 Å². The minimum absolute atomic E-state index is 0.0437. The van der Waals surface area contributed by atoms with Gasteiger partial charge in [-0.2, -0.15) is 5.26 Å². The third-order valence-electron chi connectivity index (χ3n) is 4.30. The van der Waals surface area contributed by atoms with Gasteiger partial charge in [0.25, 0.3) is 0 Å². The summed E-state index contributed by atoms with van der Waals surface area (Å²) in [7, 11) is 0. The van der Waals surface area contributed by atoms with E-state index in [1.165, 1.54) is 6.08 Å². The highest BCUT2D eigenvalue weighted by molar-refractivity contribution is 5.90. The zero-order valence-corrected chi connectivity index (χ0v) is 13.4. The van der Waals surface area contributed by atoms with Crippen molar-refractivity contribution in [1.29, 1.82) is 5.26 Å². The quantitative estimate of drug-likeness (QED) is 0.334. The number of benzene rings is 1. The molecule has 122 valence electrons. The van der Waals surface area contributed by atoms with Gasteiger partial charge >= 0.3 is 5.97 Å². The zero-order chi connectivity index (χ0) is 17.0. The molecule has 1 aromatic carbocycles. The van der Waals surface area contributed by atoms with E-state index in [-0.39, 0.29) is 12.0 Å². The second-order valence-electron chi connectivity index (χ2n) is 6.09. The molecule has 0 bridgehead atoms. The Morgan fingerprint density at radius 3 is 2.67 bits per heavy atom. The van der Waals surface area contributed by atoms with Gasteiger partial charge in [-0.25, -0.2) is 4.79 Å². The number of nitriles is 1. The standard InChI is InChI=1S/C20H19NO3/c1-15(19(22)24-20(11-12-20)18-14-23-18)17(8-5-13-21)10-9-16-6-3-2-4-7-16/h2-10,17-18H,1,11-12,14H2. The van der Waals surface area contributed by atoms with Crippen LogP contribution in [0, 0.1) is 17.2 Å². The fraction of sp³-hybridized carbons (Fsp3) is 0.300. The first-order valence-corrected chi connectivity index (χ1v) is 7.98. The first-order valence-electron chi connectivity index (χ1n) is 7.98. The minimum Gasteiger partial charge on any atom is -0.453 e. The van der Waals surface area contributed by atoms with Crippen molar-refractivity contribution >= 4 is 12.0 Å². The van der Waals surface area contributed by atoms with E-state index in [1.54, 1.807) is 6.08 Å². The topological polar surface area (TPSA) is 62.6 Å². The predicted molar refractivity (Wildman–Crippen MR) is 90.7 cm³/mol. The lowest BCUT2D eigenvalue weighted by molar-refractivity contribution is -0.147. The largest absolute Gasteiger partial charge is 0.453 e. The fourth-order valence-corrected chi connectivity index (χ4v) is 2.57. The van der Waals surface area contributed by atoms with E-state index in [9.17, 15) is 4.79 Å². The van der Waals surface area contributed by atoms with Crippen LogP contribution < -0.4 is 0 Å². The van der Waals surface area contributed by atoms with Crippen LogP contribution >= 0.6 is 0 Å². The first-order chi connectivity index (χ1) is 11.6. The van der Waals surface area contributed by atoms with Gasteiger partial charge in [0.05, 0.1) is 12.7 Å². The maximum Gasteiger partial charge on any atom is 0.334 e. The number of esters is 1. The van der Waals surface area contributed by atoms with Crippen molar-refractivity contribution in [2.24, 2.45) is 5.92 Å².